The maximum Gasteiger partial charge on any atom is 0.311 e. The van der Waals surface area contributed by atoms with Gasteiger partial charge in [0.05, 0.1) is 23.6 Å². The summed E-state index contributed by atoms with van der Waals surface area (Å²) in [6, 6.07) is 3.06. The first kappa shape index (κ1) is 14.0. The molecule has 0 radical (unpaired) electrons. The van der Waals surface area contributed by atoms with Crippen LogP contribution in [0.4, 0.5) is 0 Å². The van der Waals surface area contributed by atoms with Gasteiger partial charge < -0.3 is 15.2 Å². The van der Waals surface area contributed by atoms with Crippen LogP contribution in [0.3, 0.4) is 0 Å². The Bertz CT molecular complexity index is 514. The predicted octanol–water partition coefficient (Wildman–Crippen LogP) is 1.63. The molecule has 1 aromatic heterocycles. The molecule has 102 valence electrons. The molecule has 1 fully saturated rings. The summed E-state index contributed by atoms with van der Waals surface area (Å²) in [4.78, 5) is 23.4. The van der Waals surface area contributed by atoms with Crippen molar-refractivity contribution in [3.8, 4) is 0 Å². The third-order valence-electron chi connectivity index (χ3n) is 2.72. The normalized spacial score (nSPS) is 22.8. The van der Waals surface area contributed by atoms with E-state index in [1.165, 1.54) is 17.4 Å². The average Bonchev–Trinajstić information content (AvgIpc) is 2.95. The van der Waals surface area contributed by atoms with Crippen molar-refractivity contribution in [1.29, 1.82) is 0 Å². The van der Waals surface area contributed by atoms with Crippen molar-refractivity contribution in [2.75, 3.05) is 13.2 Å². The van der Waals surface area contributed by atoms with Gasteiger partial charge in [-0.2, -0.15) is 0 Å². The monoisotopic (exact) mass is 301 g/mol. The van der Waals surface area contributed by atoms with Crippen LogP contribution in [-0.2, 0) is 14.3 Å². The fraction of sp³-hybridized carbons (Fsp3) is 0.333. The number of carbonyl (C=O) groups excluding carboxylic acids is 1. The zero-order chi connectivity index (χ0) is 13.8. The van der Waals surface area contributed by atoms with Crippen molar-refractivity contribution in [2.45, 2.75) is 6.04 Å². The number of carboxylic acids is 1. The Kier molecular flexibility index (Phi) is 4.57. The van der Waals surface area contributed by atoms with E-state index in [2.05, 4.69) is 5.32 Å². The summed E-state index contributed by atoms with van der Waals surface area (Å²) in [6.45, 7) is 0.353. The first-order valence-electron chi connectivity index (χ1n) is 5.60. The number of amides is 1. The maximum absolute atomic E-state index is 11.7. The number of nitrogens with one attached hydrogen (secondary N) is 1. The zero-order valence-electron chi connectivity index (χ0n) is 9.84. The fourth-order valence-corrected chi connectivity index (χ4v) is 2.71. The molecule has 0 spiro atoms. The molecule has 19 heavy (non-hydrogen) atoms. The predicted molar refractivity (Wildman–Crippen MR) is 72.2 cm³/mol. The Morgan fingerprint density at radius 3 is 2.89 bits per heavy atom. The highest BCUT2D eigenvalue weighted by molar-refractivity contribution is 7.17. The van der Waals surface area contributed by atoms with E-state index in [1.807, 2.05) is 0 Å². The lowest BCUT2D eigenvalue weighted by Crippen LogP contribution is -2.41. The molecule has 2 unspecified atom stereocenters. The van der Waals surface area contributed by atoms with Gasteiger partial charge in [-0.1, -0.05) is 11.6 Å². The van der Waals surface area contributed by atoms with Gasteiger partial charge in [0.2, 0.25) is 5.91 Å². The summed E-state index contributed by atoms with van der Waals surface area (Å²) in [6.07, 6.45) is 3.00. The van der Waals surface area contributed by atoms with Crippen molar-refractivity contribution < 1.29 is 19.4 Å². The lowest BCUT2D eigenvalue weighted by Gasteiger charge is -2.13. The first-order chi connectivity index (χ1) is 9.06. The van der Waals surface area contributed by atoms with Crippen LogP contribution in [0.5, 0.6) is 0 Å². The van der Waals surface area contributed by atoms with Crippen LogP contribution < -0.4 is 5.32 Å². The quantitative estimate of drug-likeness (QED) is 0.829. The minimum Gasteiger partial charge on any atom is -0.481 e. The SMILES string of the molecule is O=C(C=Cc1ccc(Cl)s1)NC1COCC1C(=O)O. The molecule has 1 saturated heterocycles. The third kappa shape index (κ3) is 3.79. The highest BCUT2D eigenvalue weighted by atomic mass is 35.5. The molecular weight excluding hydrogens is 290 g/mol. The van der Waals surface area contributed by atoms with E-state index in [4.69, 9.17) is 21.4 Å². The molecule has 2 atom stereocenters. The molecule has 0 saturated carbocycles. The second-order valence-corrected chi connectivity index (χ2v) is 5.82. The van der Waals surface area contributed by atoms with Crippen LogP contribution in [0.25, 0.3) is 6.08 Å². The average molecular weight is 302 g/mol. The second kappa shape index (κ2) is 6.18. The van der Waals surface area contributed by atoms with Gasteiger partial charge in [-0.3, -0.25) is 9.59 Å². The number of aliphatic carboxylic acids is 1. The Morgan fingerprint density at radius 2 is 2.26 bits per heavy atom. The number of thiophene rings is 1. The molecule has 0 bridgehead atoms. The number of halogens is 1. The van der Waals surface area contributed by atoms with Crippen molar-refractivity contribution in [1.82, 2.24) is 5.32 Å². The summed E-state index contributed by atoms with van der Waals surface area (Å²) in [5.74, 6) is -1.99. The molecule has 0 aliphatic carbocycles. The van der Waals surface area contributed by atoms with Crippen LogP contribution in [0, 0.1) is 5.92 Å². The van der Waals surface area contributed by atoms with E-state index >= 15 is 0 Å². The lowest BCUT2D eigenvalue weighted by molar-refractivity contribution is -0.142. The van der Waals surface area contributed by atoms with E-state index < -0.39 is 17.9 Å². The fourth-order valence-electron chi connectivity index (χ4n) is 1.75. The van der Waals surface area contributed by atoms with Gasteiger partial charge in [-0.25, -0.2) is 0 Å². The van der Waals surface area contributed by atoms with Crippen LogP contribution in [-0.4, -0.2) is 36.2 Å². The van der Waals surface area contributed by atoms with Gasteiger partial charge in [-0.15, -0.1) is 11.3 Å². The topological polar surface area (TPSA) is 75.6 Å². The minimum absolute atomic E-state index is 0.129. The van der Waals surface area contributed by atoms with E-state index in [9.17, 15) is 9.59 Å². The highest BCUT2D eigenvalue weighted by Crippen LogP contribution is 2.22. The van der Waals surface area contributed by atoms with Crippen LogP contribution >= 0.6 is 22.9 Å². The maximum atomic E-state index is 11.7. The minimum atomic E-state index is -0.961. The molecule has 7 heteroatoms. The Balaban J connectivity index is 1.90. The number of ether oxygens (including phenoxy) is 1. The molecule has 0 aromatic carbocycles. The standard InChI is InChI=1S/C12H12ClNO4S/c13-10-3-1-7(19-10)2-4-11(15)14-9-6-18-5-8(9)12(16)17/h1-4,8-9H,5-6H2,(H,14,15)(H,16,17). The van der Waals surface area contributed by atoms with Crippen molar-refractivity contribution >= 4 is 40.9 Å². The molecule has 2 heterocycles. The number of rotatable bonds is 4. The summed E-state index contributed by atoms with van der Waals surface area (Å²) in [5.41, 5.74) is 0. The van der Waals surface area contributed by atoms with E-state index in [0.717, 1.165) is 4.88 Å². The Labute approximate surface area is 118 Å². The molecule has 1 aliphatic heterocycles. The van der Waals surface area contributed by atoms with Gasteiger partial charge in [0.15, 0.2) is 0 Å². The molecule has 1 aliphatic rings. The third-order valence-corrected chi connectivity index (χ3v) is 3.91. The van der Waals surface area contributed by atoms with E-state index in [0.29, 0.717) is 4.34 Å². The van der Waals surface area contributed by atoms with Gasteiger partial charge in [-0.05, 0) is 18.2 Å². The van der Waals surface area contributed by atoms with Crippen LogP contribution in [0.15, 0.2) is 18.2 Å². The molecule has 2 N–H and O–H groups in total. The number of hydrogen-bond acceptors (Lipinski definition) is 4. The molecule has 2 rings (SSSR count). The summed E-state index contributed by atoms with van der Waals surface area (Å²) < 4.78 is 5.71. The van der Waals surface area contributed by atoms with E-state index in [1.54, 1.807) is 18.2 Å². The van der Waals surface area contributed by atoms with Gasteiger partial charge in [0.1, 0.15) is 5.92 Å². The Hall–Kier alpha value is -1.37. The first-order valence-corrected chi connectivity index (χ1v) is 6.80. The highest BCUT2D eigenvalue weighted by Gasteiger charge is 2.34. The molecule has 1 amide bonds. The summed E-state index contributed by atoms with van der Waals surface area (Å²) in [5, 5.41) is 11.6. The Morgan fingerprint density at radius 1 is 1.47 bits per heavy atom. The van der Waals surface area contributed by atoms with Crippen LogP contribution in [0.1, 0.15) is 4.88 Å². The van der Waals surface area contributed by atoms with Crippen molar-refractivity contribution in [2.24, 2.45) is 5.92 Å². The molecule has 5 nitrogen and oxygen atoms in total. The van der Waals surface area contributed by atoms with Gasteiger partial charge >= 0.3 is 5.97 Å². The number of carboxylic acid groups (broad SMARTS) is 1. The molecule has 1 aromatic rings. The van der Waals surface area contributed by atoms with Crippen molar-refractivity contribution in [3.05, 3.63) is 27.4 Å². The van der Waals surface area contributed by atoms with Gasteiger partial charge in [0, 0.05) is 11.0 Å². The summed E-state index contributed by atoms with van der Waals surface area (Å²) in [7, 11) is 0. The van der Waals surface area contributed by atoms with E-state index in [-0.39, 0.29) is 19.1 Å². The largest absolute Gasteiger partial charge is 0.481 e. The zero-order valence-corrected chi connectivity index (χ0v) is 11.4. The number of hydrogen-bond donors (Lipinski definition) is 2. The smallest absolute Gasteiger partial charge is 0.311 e. The summed E-state index contributed by atoms with van der Waals surface area (Å²) >= 11 is 7.13. The number of carbonyl (C=O) groups is 2. The van der Waals surface area contributed by atoms with Crippen molar-refractivity contribution in [3.63, 3.8) is 0 Å². The lowest BCUT2D eigenvalue weighted by atomic mass is 10.0. The molecular formula is C12H12ClNO4S. The second-order valence-electron chi connectivity index (χ2n) is 4.07. The van der Waals surface area contributed by atoms with Crippen LogP contribution in [0.2, 0.25) is 4.34 Å². The van der Waals surface area contributed by atoms with Gasteiger partial charge in [0.25, 0.3) is 0 Å².